The maximum atomic E-state index is 13.2. The summed E-state index contributed by atoms with van der Waals surface area (Å²) in [5, 5.41) is 2.46. The van der Waals surface area contributed by atoms with E-state index in [1.54, 1.807) is 6.07 Å². The first kappa shape index (κ1) is 17.3. The second-order valence-corrected chi connectivity index (χ2v) is 7.78. The van der Waals surface area contributed by atoms with E-state index < -0.39 is 0 Å². The van der Waals surface area contributed by atoms with Gasteiger partial charge in [0.2, 0.25) is 0 Å². The molecule has 4 aromatic rings. The van der Waals surface area contributed by atoms with Crippen LogP contribution in [-0.4, -0.2) is 33.9 Å². The van der Waals surface area contributed by atoms with Gasteiger partial charge in [-0.3, -0.25) is 4.79 Å². The number of para-hydroxylation sites is 2. The SMILES string of the molecule is O=C(c1cc(Cl)nc2ccccc12)N1CCC(c2cc3ccccc3[nH]2)CC1. The standard InChI is InChI=1S/C23H20ClN3O/c24-22-14-18(17-6-2-4-8-20(17)26-22)23(28)27-11-9-15(10-12-27)21-13-16-5-1-3-7-19(16)25-21/h1-8,13-15,25H,9-12H2. The Morgan fingerprint density at radius 1 is 1.04 bits per heavy atom. The third-order valence-electron chi connectivity index (χ3n) is 5.69. The molecule has 1 N–H and O–H groups in total. The number of aromatic nitrogens is 2. The Bertz CT molecular complexity index is 1140. The average molecular weight is 390 g/mol. The van der Waals surface area contributed by atoms with Gasteiger partial charge in [-0.2, -0.15) is 0 Å². The van der Waals surface area contributed by atoms with Crippen molar-refractivity contribution in [2.24, 2.45) is 0 Å². The second-order valence-electron chi connectivity index (χ2n) is 7.39. The number of benzene rings is 2. The second kappa shape index (κ2) is 6.95. The van der Waals surface area contributed by atoms with Crippen molar-refractivity contribution in [2.75, 3.05) is 13.1 Å². The minimum atomic E-state index is 0.0376. The Balaban J connectivity index is 1.36. The number of aromatic amines is 1. The van der Waals surface area contributed by atoms with E-state index in [1.165, 1.54) is 16.6 Å². The number of likely N-dealkylation sites (tertiary alicyclic amines) is 1. The number of hydrogen-bond donors (Lipinski definition) is 1. The van der Waals surface area contributed by atoms with Crippen molar-refractivity contribution in [1.82, 2.24) is 14.9 Å². The number of carbonyl (C=O) groups excluding carboxylic acids is 1. The third kappa shape index (κ3) is 3.04. The lowest BCUT2D eigenvalue weighted by atomic mass is 9.93. The molecule has 140 valence electrons. The van der Waals surface area contributed by atoms with Crippen LogP contribution in [0.2, 0.25) is 5.15 Å². The highest BCUT2D eigenvalue weighted by Gasteiger charge is 2.26. The van der Waals surface area contributed by atoms with Gasteiger partial charge in [-0.05, 0) is 42.5 Å². The monoisotopic (exact) mass is 389 g/mol. The van der Waals surface area contributed by atoms with E-state index in [4.69, 9.17) is 11.6 Å². The molecule has 0 atom stereocenters. The Labute approximate surface area is 168 Å². The van der Waals surface area contributed by atoms with Crippen LogP contribution in [0.5, 0.6) is 0 Å². The number of nitrogens with one attached hydrogen (secondary N) is 1. The van der Waals surface area contributed by atoms with E-state index in [2.05, 4.69) is 34.2 Å². The van der Waals surface area contributed by atoms with Gasteiger partial charge in [0, 0.05) is 35.6 Å². The number of nitrogens with zero attached hydrogens (tertiary/aromatic N) is 2. The number of rotatable bonds is 2. The maximum absolute atomic E-state index is 13.2. The Morgan fingerprint density at radius 3 is 2.61 bits per heavy atom. The summed E-state index contributed by atoms with van der Waals surface area (Å²) in [5.41, 5.74) is 3.84. The van der Waals surface area contributed by atoms with E-state index >= 15 is 0 Å². The molecule has 5 rings (SSSR count). The van der Waals surface area contributed by atoms with Gasteiger partial charge in [-0.15, -0.1) is 0 Å². The Kier molecular flexibility index (Phi) is 4.29. The van der Waals surface area contributed by atoms with Crippen molar-refractivity contribution in [3.05, 3.63) is 77.1 Å². The number of H-pyrrole nitrogens is 1. The molecule has 1 amide bonds. The lowest BCUT2D eigenvalue weighted by molar-refractivity contribution is 0.0714. The van der Waals surface area contributed by atoms with Gasteiger partial charge in [0.1, 0.15) is 5.15 Å². The number of fused-ring (bicyclic) bond motifs is 2. The largest absolute Gasteiger partial charge is 0.358 e. The van der Waals surface area contributed by atoms with Crippen molar-refractivity contribution in [1.29, 1.82) is 0 Å². The van der Waals surface area contributed by atoms with Gasteiger partial charge in [-0.25, -0.2) is 4.98 Å². The number of halogens is 1. The summed E-state index contributed by atoms with van der Waals surface area (Å²) >= 11 is 6.16. The van der Waals surface area contributed by atoms with Crippen LogP contribution in [0.3, 0.4) is 0 Å². The molecule has 2 aromatic carbocycles. The molecule has 0 spiro atoms. The molecular formula is C23H20ClN3O. The molecule has 1 fully saturated rings. The molecule has 0 bridgehead atoms. The summed E-state index contributed by atoms with van der Waals surface area (Å²) in [5.74, 6) is 0.491. The lowest BCUT2D eigenvalue weighted by Crippen LogP contribution is -2.38. The fraction of sp³-hybridized carbons (Fsp3) is 0.217. The van der Waals surface area contributed by atoms with Crippen LogP contribution in [0.4, 0.5) is 0 Å². The van der Waals surface area contributed by atoms with Crippen LogP contribution in [0, 0.1) is 0 Å². The van der Waals surface area contributed by atoms with Crippen molar-refractivity contribution >= 4 is 39.3 Å². The molecule has 5 heteroatoms. The van der Waals surface area contributed by atoms with Crippen molar-refractivity contribution < 1.29 is 4.79 Å². The number of hydrogen-bond acceptors (Lipinski definition) is 2. The molecule has 0 unspecified atom stereocenters. The van der Waals surface area contributed by atoms with Gasteiger partial charge in [-0.1, -0.05) is 48.0 Å². The smallest absolute Gasteiger partial charge is 0.254 e. The summed E-state index contributed by atoms with van der Waals surface area (Å²) < 4.78 is 0. The number of pyridine rings is 1. The van der Waals surface area contributed by atoms with Crippen molar-refractivity contribution in [3.63, 3.8) is 0 Å². The topological polar surface area (TPSA) is 49.0 Å². The number of carbonyl (C=O) groups is 1. The molecule has 0 radical (unpaired) electrons. The fourth-order valence-corrected chi connectivity index (χ4v) is 4.40. The van der Waals surface area contributed by atoms with Gasteiger partial charge >= 0.3 is 0 Å². The molecule has 1 aliphatic rings. The fourth-order valence-electron chi connectivity index (χ4n) is 4.20. The number of piperidine rings is 1. The van der Waals surface area contributed by atoms with Crippen molar-refractivity contribution in [2.45, 2.75) is 18.8 Å². The van der Waals surface area contributed by atoms with E-state index in [9.17, 15) is 4.79 Å². The van der Waals surface area contributed by atoms with E-state index in [0.29, 0.717) is 16.6 Å². The molecule has 3 heterocycles. The quantitative estimate of drug-likeness (QED) is 0.467. The van der Waals surface area contributed by atoms with Crippen LogP contribution in [0.25, 0.3) is 21.8 Å². The molecule has 1 saturated heterocycles. The first-order valence-corrected chi connectivity index (χ1v) is 9.99. The van der Waals surface area contributed by atoms with Crippen LogP contribution < -0.4 is 0 Å². The van der Waals surface area contributed by atoms with E-state index in [1.807, 2.05) is 35.2 Å². The molecule has 1 aliphatic heterocycles. The molecule has 2 aromatic heterocycles. The maximum Gasteiger partial charge on any atom is 0.254 e. The summed E-state index contributed by atoms with van der Waals surface area (Å²) in [7, 11) is 0. The Morgan fingerprint density at radius 2 is 1.79 bits per heavy atom. The highest BCUT2D eigenvalue weighted by molar-refractivity contribution is 6.30. The zero-order valence-corrected chi connectivity index (χ0v) is 16.1. The molecule has 4 nitrogen and oxygen atoms in total. The normalized spacial score (nSPS) is 15.4. The minimum absolute atomic E-state index is 0.0376. The van der Waals surface area contributed by atoms with Crippen LogP contribution in [-0.2, 0) is 0 Å². The van der Waals surface area contributed by atoms with E-state index in [0.717, 1.165) is 36.8 Å². The van der Waals surface area contributed by atoms with Gasteiger partial charge in [0.05, 0.1) is 11.1 Å². The molecule has 0 aliphatic carbocycles. The highest BCUT2D eigenvalue weighted by Crippen LogP contribution is 2.31. The van der Waals surface area contributed by atoms with Crippen LogP contribution in [0.15, 0.2) is 60.7 Å². The molecule has 28 heavy (non-hydrogen) atoms. The summed E-state index contributed by atoms with van der Waals surface area (Å²) in [6.45, 7) is 1.49. The summed E-state index contributed by atoms with van der Waals surface area (Å²) in [6.07, 6.45) is 1.91. The number of amides is 1. The average Bonchev–Trinajstić information content (AvgIpc) is 3.17. The molecule has 0 saturated carbocycles. The minimum Gasteiger partial charge on any atom is -0.358 e. The van der Waals surface area contributed by atoms with E-state index in [-0.39, 0.29) is 5.91 Å². The third-order valence-corrected chi connectivity index (χ3v) is 5.88. The first-order chi connectivity index (χ1) is 13.7. The summed E-state index contributed by atoms with van der Waals surface area (Å²) in [4.78, 5) is 23.0. The Hall–Kier alpha value is -2.85. The summed E-state index contributed by atoms with van der Waals surface area (Å²) in [6, 6.07) is 19.9. The predicted octanol–water partition coefficient (Wildman–Crippen LogP) is 5.39. The van der Waals surface area contributed by atoms with Gasteiger partial charge < -0.3 is 9.88 Å². The zero-order valence-electron chi connectivity index (χ0n) is 15.4. The van der Waals surface area contributed by atoms with Gasteiger partial charge in [0.25, 0.3) is 5.91 Å². The predicted molar refractivity (Wildman–Crippen MR) is 113 cm³/mol. The first-order valence-electron chi connectivity index (χ1n) is 9.61. The lowest BCUT2D eigenvalue weighted by Gasteiger charge is -2.32. The van der Waals surface area contributed by atoms with Crippen LogP contribution in [0.1, 0.15) is 34.8 Å². The van der Waals surface area contributed by atoms with Crippen molar-refractivity contribution in [3.8, 4) is 0 Å². The highest BCUT2D eigenvalue weighted by atomic mass is 35.5. The zero-order chi connectivity index (χ0) is 19.1. The van der Waals surface area contributed by atoms with Gasteiger partial charge in [0.15, 0.2) is 0 Å². The molecular weight excluding hydrogens is 370 g/mol. The van der Waals surface area contributed by atoms with Crippen LogP contribution >= 0.6 is 11.6 Å².